The van der Waals surface area contributed by atoms with Crippen LogP contribution in [0.2, 0.25) is 0 Å². The lowest BCUT2D eigenvalue weighted by atomic mass is 10.0. The molecular weight excluding hydrogens is 316 g/mol. The maximum absolute atomic E-state index is 13.9. The fourth-order valence-corrected chi connectivity index (χ4v) is 2.55. The molecule has 0 amide bonds. The number of hydrogen-bond donors (Lipinski definition) is 1. The molecule has 2 heterocycles. The van der Waals surface area contributed by atoms with E-state index in [-0.39, 0.29) is 11.4 Å². The predicted molar refractivity (Wildman–Crippen MR) is 81.9 cm³/mol. The summed E-state index contributed by atoms with van der Waals surface area (Å²) < 4.78 is 33.5. The zero-order valence-electron chi connectivity index (χ0n) is 12.6. The Hall–Kier alpha value is -2.83. The number of ether oxygens (including phenoxy) is 1. The maximum atomic E-state index is 13.9. The number of aromatic nitrogens is 3. The standard InChI is InChI=1S/C17H13F2N3O2/c18-11-2-1-3-12(19)14(11)15(23)10-6-20-16-13(10)17(22-8-21-16)24-7-9-4-5-9/h1-3,6,8-9H,4-5,7H2,(H,20,21,22). The molecule has 1 aliphatic carbocycles. The van der Waals surface area contributed by atoms with Crippen LogP contribution in [0.3, 0.4) is 0 Å². The van der Waals surface area contributed by atoms with Gasteiger partial charge in [-0.05, 0) is 30.9 Å². The summed E-state index contributed by atoms with van der Waals surface area (Å²) in [5.74, 6) is -1.86. The Morgan fingerprint density at radius 2 is 2.00 bits per heavy atom. The van der Waals surface area contributed by atoms with Crippen molar-refractivity contribution in [2.45, 2.75) is 12.8 Å². The van der Waals surface area contributed by atoms with Crippen LogP contribution in [0, 0.1) is 17.6 Å². The molecule has 1 N–H and O–H groups in total. The van der Waals surface area contributed by atoms with Gasteiger partial charge in [0, 0.05) is 6.20 Å². The molecule has 1 aromatic carbocycles. The van der Waals surface area contributed by atoms with Crippen molar-refractivity contribution in [3.8, 4) is 5.88 Å². The number of fused-ring (bicyclic) bond motifs is 1. The van der Waals surface area contributed by atoms with E-state index in [1.165, 1.54) is 18.6 Å². The number of nitrogens with one attached hydrogen (secondary N) is 1. The molecule has 1 fully saturated rings. The number of aromatic amines is 1. The van der Waals surface area contributed by atoms with Crippen molar-refractivity contribution < 1.29 is 18.3 Å². The topological polar surface area (TPSA) is 67.9 Å². The Morgan fingerprint density at radius 1 is 1.25 bits per heavy atom. The second kappa shape index (κ2) is 5.67. The van der Waals surface area contributed by atoms with E-state index in [2.05, 4.69) is 15.0 Å². The van der Waals surface area contributed by atoms with Crippen LogP contribution in [-0.2, 0) is 0 Å². The van der Waals surface area contributed by atoms with Crippen molar-refractivity contribution in [1.82, 2.24) is 15.0 Å². The number of halogens is 2. The maximum Gasteiger partial charge on any atom is 0.226 e. The fourth-order valence-electron chi connectivity index (χ4n) is 2.55. The van der Waals surface area contributed by atoms with E-state index >= 15 is 0 Å². The van der Waals surface area contributed by atoms with Gasteiger partial charge in [0.1, 0.15) is 23.6 Å². The van der Waals surface area contributed by atoms with Crippen LogP contribution >= 0.6 is 0 Å². The molecule has 0 spiro atoms. The molecule has 0 aliphatic heterocycles. The molecule has 1 saturated carbocycles. The van der Waals surface area contributed by atoms with Crippen molar-refractivity contribution in [3.63, 3.8) is 0 Å². The number of carbonyl (C=O) groups is 1. The second-order valence-electron chi connectivity index (χ2n) is 5.78. The summed E-state index contributed by atoms with van der Waals surface area (Å²) >= 11 is 0. The molecule has 2 aromatic heterocycles. The Balaban J connectivity index is 1.79. The third-order valence-corrected chi connectivity index (χ3v) is 4.02. The van der Waals surface area contributed by atoms with Gasteiger partial charge in [-0.25, -0.2) is 18.7 Å². The Bertz CT molecular complexity index is 914. The van der Waals surface area contributed by atoms with Crippen LogP contribution in [0.15, 0.2) is 30.7 Å². The van der Waals surface area contributed by atoms with Gasteiger partial charge < -0.3 is 9.72 Å². The molecular formula is C17H13F2N3O2. The number of carbonyl (C=O) groups excluding carboxylic acids is 1. The van der Waals surface area contributed by atoms with Crippen LogP contribution in [0.1, 0.15) is 28.8 Å². The van der Waals surface area contributed by atoms with E-state index in [1.54, 1.807) is 0 Å². The van der Waals surface area contributed by atoms with Gasteiger partial charge in [0.05, 0.1) is 23.1 Å². The van der Waals surface area contributed by atoms with Gasteiger partial charge in [0.15, 0.2) is 0 Å². The van der Waals surface area contributed by atoms with E-state index in [1.807, 2.05) is 0 Å². The van der Waals surface area contributed by atoms with Crippen molar-refractivity contribution >= 4 is 16.8 Å². The molecule has 0 atom stereocenters. The molecule has 24 heavy (non-hydrogen) atoms. The van der Waals surface area contributed by atoms with E-state index in [0.29, 0.717) is 23.6 Å². The molecule has 0 unspecified atom stereocenters. The molecule has 0 radical (unpaired) electrons. The SMILES string of the molecule is O=C(c1c(F)cccc1F)c1c[nH]c2ncnc(OCC3CC3)c12. The average Bonchev–Trinajstić information content (AvgIpc) is 3.29. The summed E-state index contributed by atoms with van der Waals surface area (Å²) in [6.45, 7) is 0.499. The smallest absolute Gasteiger partial charge is 0.226 e. The van der Waals surface area contributed by atoms with Crippen LogP contribution in [0.25, 0.3) is 11.0 Å². The number of benzene rings is 1. The molecule has 7 heteroatoms. The number of ketones is 1. The third kappa shape index (κ3) is 2.51. The molecule has 0 bridgehead atoms. The Morgan fingerprint density at radius 3 is 2.71 bits per heavy atom. The minimum Gasteiger partial charge on any atom is -0.477 e. The zero-order valence-corrected chi connectivity index (χ0v) is 12.6. The van der Waals surface area contributed by atoms with Crippen molar-refractivity contribution in [1.29, 1.82) is 0 Å². The first-order valence-corrected chi connectivity index (χ1v) is 7.58. The lowest BCUT2D eigenvalue weighted by Crippen LogP contribution is -2.08. The normalized spacial score (nSPS) is 14.1. The Labute approximate surface area is 135 Å². The van der Waals surface area contributed by atoms with E-state index in [9.17, 15) is 13.6 Å². The van der Waals surface area contributed by atoms with Gasteiger partial charge in [-0.1, -0.05) is 6.07 Å². The van der Waals surface area contributed by atoms with Gasteiger partial charge >= 0.3 is 0 Å². The van der Waals surface area contributed by atoms with E-state index < -0.39 is 23.0 Å². The Kier molecular flexibility index (Phi) is 3.48. The first-order chi connectivity index (χ1) is 11.6. The lowest BCUT2D eigenvalue weighted by Gasteiger charge is -2.07. The van der Waals surface area contributed by atoms with E-state index in [0.717, 1.165) is 25.0 Å². The van der Waals surface area contributed by atoms with Crippen LogP contribution < -0.4 is 4.74 Å². The van der Waals surface area contributed by atoms with Crippen molar-refractivity contribution in [2.24, 2.45) is 5.92 Å². The highest BCUT2D eigenvalue weighted by molar-refractivity contribution is 6.17. The average molecular weight is 329 g/mol. The zero-order chi connectivity index (χ0) is 16.7. The van der Waals surface area contributed by atoms with Gasteiger partial charge in [0.2, 0.25) is 11.7 Å². The molecule has 4 rings (SSSR count). The summed E-state index contributed by atoms with van der Waals surface area (Å²) in [5, 5.41) is 0.339. The van der Waals surface area contributed by atoms with Gasteiger partial charge in [-0.3, -0.25) is 4.79 Å². The monoisotopic (exact) mass is 329 g/mol. The minimum absolute atomic E-state index is 0.0837. The summed E-state index contributed by atoms with van der Waals surface area (Å²) in [6, 6.07) is 3.31. The van der Waals surface area contributed by atoms with Crippen molar-refractivity contribution in [2.75, 3.05) is 6.61 Å². The summed E-state index contributed by atoms with van der Waals surface area (Å²) in [7, 11) is 0. The molecule has 3 aromatic rings. The van der Waals surface area contributed by atoms with Gasteiger partial charge in [-0.2, -0.15) is 0 Å². The third-order valence-electron chi connectivity index (χ3n) is 4.02. The first kappa shape index (κ1) is 14.7. The number of rotatable bonds is 5. The molecule has 122 valence electrons. The predicted octanol–water partition coefficient (Wildman–Crippen LogP) is 3.26. The van der Waals surface area contributed by atoms with E-state index in [4.69, 9.17) is 4.74 Å². The minimum atomic E-state index is -0.911. The fraction of sp³-hybridized carbons (Fsp3) is 0.235. The molecule has 1 aliphatic rings. The highest BCUT2D eigenvalue weighted by atomic mass is 19.1. The number of hydrogen-bond acceptors (Lipinski definition) is 4. The summed E-state index contributed by atoms with van der Waals surface area (Å²) in [6.07, 6.45) is 4.90. The van der Waals surface area contributed by atoms with Crippen LogP contribution in [0.4, 0.5) is 8.78 Å². The highest BCUT2D eigenvalue weighted by Crippen LogP contribution is 2.32. The van der Waals surface area contributed by atoms with Gasteiger partial charge in [0.25, 0.3) is 0 Å². The quantitative estimate of drug-likeness (QED) is 0.730. The second-order valence-corrected chi connectivity index (χ2v) is 5.78. The van der Waals surface area contributed by atoms with Crippen molar-refractivity contribution in [3.05, 3.63) is 53.5 Å². The van der Waals surface area contributed by atoms with Gasteiger partial charge in [-0.15, -0.1) is 0 Å². The molecule has 5 nitrogen and oxygen atoms in total. The number of H-pyrrole nitrogens is 1. The highest BCUT2D eigenvalue weighted by Gasteiger charge is 2.26. The largest absolute Gasteiger partial charge is 0.477 e. The first-order valence-electron chi connectivity index (χ1n) is 7.58. The van der Waals surface area contributed by atoms with Crippen LogP contribution in [-0.4, -0.2) is 27.3 Å². The summed E-state index contributed by atoms with van der Waals surface area (Å²) in [5.41, 5.74) is -0.133. The number of nitrogens with zero attached hydrogens (tertiary/aromatic N) is 2. The van der Waals surface area contributed by atoms with Crippen LogP contribution in [0.5, 0.6) is 5.88 Å². The lowest BCUT2D eigenvalue weighted by molar-refractivity contribution is 0.103. The summed E-state index contributed by atoms with van der Waals surface area (Å²) in [4.78, 5) is 23.6. The molecule has 0 saturated heterocycles.